The molecular formula is C21H31FN6O4. The molecule has 2 unspecified atom stereocenters. The first-order valence-electron chi connectivity index (χ1n) is 10.4. The molecule has 10 nitrogen and oxygen atoms in total. The lowest BCUT2D eigenvalue weighted by Gasteiger charge is -2.18. The van der Waals surface area contributed by atoms with Gasteiger partial charge in [0.25, 0.3) is 0 Å². The fourth-order valence-corrected chi connectivity index (χ4v) is 3.06. The number of carbonyl (C=O) groups excluding carboxylic acids is 2. The predicted octanol–water partition coefficient (Wildman–Crippen LogP) is 2.06. The molecule has 0 fully saturated rings. The molecular weight excluding hydrogens is 419 g/mol. The van der Waals surface area contributed by atoms with Crippen LogP contribution in [0.1, 0.15) is 26.2 Å². The Morgan fingerprint density at radius 2 is 2.00 bits per heavy atom. The van der Waals surface area contributed by atoms with Crippen molar-refractivity contribution >= 4 is 28.7 Å². The molecule has 0 saturated heterocycles. The summed E-state index contributed by atoms with van der Waals surface area (Å²) in [6, 6.07) is 5.78. The van der Waals surface area contributed by atoms with Gasteiger partial charge in [-0.15, -0.1) is 0 Å². The maximum atomic E-state index is 12.3. The summed E-state index contributed by atoms with van der Waals surface area (Å²) >= 11 is 0. The second kappa shape index (κ2) is 13.2. The zero-order chi connectivity index (χ0) is 23.3. The van der Waals surface area contributed by atoms with Crippen molar-refractivity contribution in [1.29, 1.82) is 0 Å². The van der Waals surface area contributed by atoms with Gasteiger partial charge in [0.1, 0.15) is 5.75 Å². The smallest absolute Gasteiger partial charge is 0.333 e. The summed E-state index contributed by atoms with van der Waals surface area (Å²) in [4.78, 5) is 27.8. The van der Waals surface area contributed by atoms with E-state index in [0.29, 0.717) is 13.0 Å². The Morgan fingerprint density at radius 3 is 2.72 bits per heavy atom. The Labute approximate surface area is 186 Å². The minimum atomic E-state index is -0.732. The number of hydrogen-bond acceptors (Lipinski definition) is 6. The summed E-state index contributed by atoms with van der Waals surface area (Å²) in [7, 11) is 1.62. The number of nitrogens with one attached hydrogen (secondary N) is 5. The van der Waals surface area contributed by atoms with E-state index in [9.17, 15) is 14.0 Å². The largest absolute Gasteiger partial charge is 0.497 e. The van der Waals surface area contributed by atoms with Crippen molar-refractivity contribution in [3.63, 3.8) is 0 Å². The van der Waals surface area contributed by atoms with Gasteiger partial charge in [-0.25, -0.2) is 20.4 Å². The Morgan fingerprint density at radius 1 is 1.22 bits per heavy atom. The maximum absolute atomic E-state index is 12.3. The van der Waals surface area contributed by atoms with Crippen LogP contribution < -0.4 is 31.5 Å². The molecule has 2 atom stereocenters. The molecule has 2 aromatic rings. The average molecular weight is 451 g/mol. The molecule has 0 bridgehead atoms. The topological polar surface area (TPSA) is 137 Å². The minimum Gasteiger partial charge on any atom is -0.497 e. The zero-order valence-corrected chi connectivity index (χ0v) is 18.3. The Hall–Kier alpha value is -3.34. The van der Waals surface area contributed by atoms with Crippen LogP contribution in [-0.4, -0.2) is 61.2 Å². The number of carbonyl (C=O) groups is 2. The molecule has 6 N–H and O–H groups in total. The Bertz CT molecular complexity index is 884. The van der Waals surface area contributed by atoms with Crippen LogP contribution >= 0.6 is 0 Å². The summed E-state index contributed by atoms with van der Waals surface area (Å²) in [5, 5.41) is 18.4. The number of methoxy groups -OCH3 is 1. The van der Waals surface area contributed by atoms with E-state index >= 15 is 0 Å². The van der Waals surface area contributed by atoms with Gasteiger partial charge in [-0.05, 0) is 38.3 Å². The van der Waals surface area contributed by atoms with Crippen molar-refractivity contribution in [2.75, 3.05) is 32.3 Å². The van der Waals surface area contributed by atoms with Crippen molar-refractivity contribution in [3.8, 4) is 5.75 Å². The molecule has 2 rings (SSSR count). The van der Waals surface area contributed by atoms with Crippen molar-refractivity contribution in [1.82, 2.24) is 26.5 Å². The highest BCUT2D eigenvalue weighted by atomic mass is 19.1. The Kier molecular flexibility index (Phi) is 10.2. The van der Waals surface area contributed by atoms with E-state index in [1.165, 1.54) is 0 Å². The molecule has 32 heavy (non-hydrogen) atoms. The number of halogens is 1. The molecule has 1 aromatic carbocycles. The second-order valence-electron chi connectivity index (χ2n) is 7.27. The molecule has 0 spiro atoms. The van der Waals surface area contributed by atoms with Crippen LogP contribution in [-0.2, 0) is 0 Å². The third-order valence-electron chi connectivity index (χ3n) is 4.72. The average Bonchev–Trinajstić information content (AvgIpc) is 2.80. The third kappa shape index (κ3) is 8.06. The van der Waals surface area contributed by atoms with Gasteiger partial charge in [0, 0.05) is 30.2 Å². The number of urea groups is 2. The number of nitrogens with zero attached hydrogens (tertiary/aromatic N) is 1. The summed E-state index contributed by atoms with van der Waals surface area (Å²) in [6.45, 7) is 1.38. The molecule has 176 valence electrons. The highest BCUT2D eigenvalue weighted by Gasteiger charge is 2.12. The number of hydrazine groups is 1. The van der Waals surface area contributed by atoms with E-state index < -0.39 is 31.4 Å². The first-order valence-corrected chi connectivity index (χ1v) is 10.4. The van der Waals surface area contributed by atoms with Gasteiger partial charge < -0.3 is 25.8 Å². The number of fused-ring (bicyclic) bond motifs is 1. The molecule has 1 heterocycles. The summed E-state index contributed by atoms with van der Waals surface area (Å²) in [5.74, 6) is 0.741. The number of rotatable bonds is 11. The lowest BCUT2D eigenvalue weighted by Crippen LogP contribution is -2.53. The van der Waals surface area contributed by atoms with E-state index in [2.05, 4.69) is 31.8 Å². The van der Waals surface area contributed by atoms with Crippen molar-refractivity contribution < 1.29 is 23.8 Å². The standard InChI is InChI=1S/C21H31FN6O4/c1-14(25-18-12-17(32-2)11-15-6-4-9-23-19(15)18)5-3-10-24-20(30)27-28-21(31)26-16(13-29)7-8-22/h4,6,9,11-12,14,16,25,29H,3,5,7-8,10,13H2,1-2H3,(H2,24,27,30)(H2,26,28,31). The van der Waals surface area contributed by atoms with Gasteiger partial charge in [0.15, 0.2) is 0 Å². The summed E-state index contributed by atoms with van der Waals surface area (Å²) < 4.78 is 17.6. The molecule has 0 aliphatic heterocycles. The van der Waals surface area contributed by atoms with E-state index in [1.807, 2.05) is 31.2 Å². The number of aliphatic hydroxyl groups is 1. The SMILES string of the molecule is COc1cc(NC(C)CCCNC(=O)NNC(=O)NC(CO)CCF)c2ncccc2c1. The molecule has 1 aromatic heterocycles. The molecule has 4 amide bonds. The van der Waals surface area contributed by atoms with Gasteiger partial charge in [-0.3, -0.25) is 9.37 Å². The predicted molar refractivity (Wildman–Crippen MR) is 120 cm³/mol. The number of ether oxygens (including phenoxy) is 1. The van der Waals surface area contributed by atoms with Crippen LogP contribution in [0.3, 0.4) is 0 Å². The first-order chi connectivity index (χ1) is 15.5. The number of alkyl halides is 1. The van der Waals surface area contributed by atoms with Crippen LogP contribution in [0.15, 0.2) is 30.5 Å². The molecule has 0 aliphatic carbocycles. The number of aromatic nitrogens is 1. The summed E-state index contributed by atoms with van der Waals surface area (Å²) in [5.41, 5.74) is 6.06. The number of hydrogen-bond donors (Lipinski definition) is 6. The van der Waals surface area contributed by atoms with Gasteiger partial charge in [-0.1, -0.05) is 6.07 Å². The van der Waals surface area contributed by atoms with E-state index in [1.54, 1.807) is 13.3 Å². The van der Waals surface area contributed by atoms with Crippen LogP contribution in [0.2, 0.25) is 0 Å². The number of anilines is 1. The lowest BCUT2D eigenvalue weighted by molar-refractivity contribution is 0.203. The molecule has 0 aliphatic rings. The normalized spacial score (nSPS) is 12.5. The van der Waals surface area contributed by atoms with Gasteiger partial charge in [0.2, 0.25) is 0 Å². The highest BCUT2D eigenvalue weighted by Crippen LogP contribution is 2.28. The molecule has 0 saturated carbocycles. The number of benzene rings is 1. The number of amides is 4. The quantitative estimate of drug-likeness (QED) is 0.229. The van der Waals surface area contributed by atoms with Gasteiger partial charge in [0.05, 0.1) is 37.6 Å². The zero-order valence-electron chi connectivity index (χ0n) is 18.3. The first kappa shape index (κ1) is 24.9. The van der Waals surface area contributed by atoms with Crippen molar-refractivity contribution in [3.05, 3.63) is 30.5 Å². The van der Waals surface area contributed by atoms with Crippen LogP contribution in [0.4, 0.5) is 19.7 Å². The minimum absolute atomic E-state index is 0.00997. The fraction of sp³-hybridized carbons (Fsp3) is 0.476. The van der Waals surface area contributed by atoms with Crippen LogP contribution in [0.5, 0.6) is 5.75 Å². The Balaban J connectivity index is 1.70. The summed E-state index contributed by atoms with van der Waals surface area (Å²) in [6.07, 6.45) is 3.21. The second-order valence-corrected chi connectivity index (χ2v) is 7.27. The van der Waals surface area contributed by atoms with E-state index in [-0.39, 0.29) is 12.5 Å². The third-order valence-corrected chi connectivity index (χ3v) is 4.72. The maximum Gasteiger partial charge on any atom is 0.333 e. The highest BCUT2D eigenvalue weighted by molar-refractivity contribution is 5.91. The van der Waals surface area contributed by atoms with Crippen LogP contribution in [0, 0.1) is 0 Å². The number of pyridine rings is 1. The monoisotopic (exact) mass is 450 g/mol. The van der Waals surface area contributed by atoms with Gasteiger partial charge >= 0.3 is 12.1 Å². The van der Waals surface area contributed by atoms with Crippen molar-refractivity contribution in [2.24, 2.45) is 0 Å². The van der Waals surface area contributed by atoms with Crippen molar-refractivity contribution in [2.45, 2.75) is 38.3 Å². The van der Waals surface area contributed by atoms with Crippen LogP contribution in [0.25, 0.3) is 10.9 Å². The molecule has 0 radical (unpaired) electrons. The van der Waals surface area contributed by atoms with Gasteiger partial charge in [-0.2, -0.15) is 0 Å². The molecule has 11 heteroatoms. The number of aliphatic hydroxyl groups excluding tert-OH is 1. The lowest BCUT2D eigenvalue weighted by atomic mass is 10.1. The van der Waals surface area contributed by atoms with E-state index in [4.69, 9.17) is 9.84 Å². The fourth-order valence-electron chi connectivity index (χ4n) is 3.06. The van der Waals surface area contributed by atoms with E-state index in [0.717, 1.165) is 28.8 Å².